The van der Waals surface area contributed by atoms with Gasteiger partial charge in [0.15, 0.2) is 0 Å². The summed E-state index contributed by atoms with van der Waals surface area (Å²) in [5.74, 6) is 0.400. The summed E-state index contributed by atoms with van der Waals surface area (Å²) in [6.07, 6.45) is 0.666. The van der Waals surface area contributed by atoms with Gasteiger partial charge in [0, 0.05) is 13.6 Å². The first-order chi connectivity index (χ1) is 8.39. The topological polar surface area (TPSA) is 63.4 Å². The Kier molecular flexibility index (Phi) is 5.31. The van der Waals surface area contributed by atoms with Crippen molar-refractivity contribution in [3.05, 3.63) is 29.8 Å². The maximum absolute atomic E-state index is 12.2. The van der Waals surface area contributed by atoms with E-state index in [1.54, 1.807) is 19.2 Å². The second-order valence-corrected chi connectivity index (χ2v) is 6.74. The first kappa shape index (κ1) is 15.1. The lowest BCUT2D eigenvalue weighted by Crippen LogP contribution is -2.29. The zero-order chi connectivity index (χ0) is 13.8. The standard InChI is InChI=1S/C13H22N2O2S/c1-11(2)12-5-7-13(8-6-12)18(16,17)15(3)10-4-9-14/h5-8,11H,4,9-10,14H2,1-3H3. The summed E-state index contributed by atoms with van der Waals surface area (Å²) in [5, 5.41) is 0. The van der Waals surface area contributed by atoms with E-state index in [-0.39, 0.29) is 0 Å². The first-order valence-electron chi connectivity index (χ1n) is 6.16. The highest BCUT2D eigenvalue weighted by atomic mass is 32.2. The average molecular weight is 270 g/mol. The number of nitrogens with zero attached hydrogens (tertiary/aromatic N) is 1. The molecule has 4 nitrogen and oxygen atoms in total. The Labute approximate surface area is 110 Å². The Hall–Kier alpha value is -0.910. The van der Waals surface area contributed by atoms with Crippen LogP contribution in [0.3, 0.4) is 0 Å². The highest BCUT2D eigenvalue weighted by molar-refractivity contribution is 7.89. The molecule has 0 spiro atoms. The van der Waals surface area contributed by atoms with E-state index in [0.717, 1.165) is 5.56 Å². The summed E-state index contributed by atoms with van der Waals surface area (Å²) in [6, 6.07) is 7.08. The molecule has 0 saturated heterocycles. The summed E-state index contributed by atoms with van der Waals surface area (Å²) in [7, 11) is -1.79. The van der Waals surface area contributed by atoms with E-state index < -0.39 is 10.0 Å². The van der Waals surface area contributed by atoms with Crippen molar-refractivity contribution in [3.63, 3.8) is 0 Å². The van der Waals surface area contributed by atoms with Crippen LogP contribution >= 0.6 is 0 Å². The van der Waals surface area contributed by atoms with E-state index in [1.807, 2.05) is 12.1 Å². The van der Waals surface area contributed by atoms with Gasteiger partial charge in [-0.2, -0.15) is 0 Å². The van der Waals surface area contributed by atoms with Gasteiger partial charge in [-0.3, -0.25) is 0 Å². The Bertz CT molecular complexity index is 466. The molecule has 1 aromatic rings. The molecule has 0 unspecified atom stereocenters. The molecule has 0 bridgehead atoms. The largest absolute Gasteiger partial charge is 0.330 e. The Morgan fingerprint density at radius 1 is 1.22 bits per heavy atom. The highest BCUT2D eigenvalue weighted by Crippen LogP contribution is 2.19. The fourth-order valence-electron chi connectivity index (χ4n) is 1.64. The van der Waals surface area contributed by atoms with Gasteiger partial charge in [0.25, 0.3) is 0 Å². The summed E-state index contributed by atoms with van der Waals surface area (Å²) in [5.41, 5.74) is 6.53. The number of sulfonamides is 1. The smallest absolute Gasteiger partial charge is 0.242 e. The molecule has 0 aromatic heterocycles. The summed E-state index contributed by atoms with van der Waals surface area (Å²) in [4.78, 5) is 0.339. The minimum absolute atomic E-state index is 0.339. The van der Waals surface area contributed by atoms with Crippen molar-refractivity contribution in [3.8, 4) is 0 Å². The summed E-state index contributed by atoms with van der Waals surface area (Å²) in [6.45, 7) is 5.10. The van der Waals surface area contributed by atoms with Crippen LogP contribution in [0, 0.1) is 0 Å². The molecule has 5 heteroatoms. The molecule has 0 fully saturated rings. The molecule has 18 heavy (non-hydrogen) atoms. The van der Waals surface area contributed by atoms with Gasteiger partial charge in [0.2, 0.25) is 10.0 Å². The van der Waals surface area contributed by atoms with Crippen molar-refractivity contribution >= 4 is 10.0 Å². The molecule has 0 saturated carbocycles. The van der Waals surface area contributed by atoms with Crippen molar-refractivity contribution in [2.75, 3.05) is 20.1 Å². The van der Waals surface area contributed by atoms with Crippen LogP contribution in [0.25, 0.3) is 0 Å². The molecule has 1 rings (SSSR count). The van der Waals surface area contributed by atoms with Crippen molar-refractivity contribution in [2.45, 2.75) is 31.1 Å². The van der Waals surface area contributed by atoms with E-state index in [1.165, 1.54) is 4.31 Å². The van der Waals surface area contributed by atoms with E-state index in [9.17, 15) is 8.42 Å². The van der Waals surface area contributed by atoms with E-state index in [4.69, 9.17) is 5.73 Å². The van der Waals surface area contributed by atoms with Crippen LogP contribution in [0.4, 0.5) is 0 Å². The number of hydrogen-bond donors (Lipinski definition) is 1. The second-order valence-electron chi connectivity index (χ2n) is 4.69. The fraction of sp³-hybridized carbons (Fsp3) is 0.538. The highest BCUT2D eigenvalue weighted by Gasteiger charge is 2.19. The molecule has 0 atom stereocenters. The lowest BCUT2D eigenvalue weighted by Gasteiger charge is -2.17. The van der Waals surface area contributed by atoms with Crippen LogP contribution in [0.2, 0.25) is 0 Å². The Morgan fingerprint density at radius 2 is 1.78 bits per heavy atom. The fourth-order valence-corrected chi connectivity index (χ4v) is 2.85. The monoisotopic (exact) mass is 270 g/mol. The molecule has 0 amide bonds. The first-order valence-corrected chi connectivity index (χ1v) is 7.60. The van der Waals surface area contributed by atoms with Gasteiger partial charge in [-0.05, 0) is 36.6 Å². The SMILES string of the molecule is CC(C)c1ccc(S(=O)(=O)N(C)CCCN)cc1. The van der Waals surface area contributed by atoms with Crippen LogP contribution < -0.4 is 5.73 Å². The van der Waals surface area contributed by atoms with E-state index in [2.05, 4.69) is 13.8 Å². The molecule has 2 N–H and O–H groups in total. The number of hydrogen-bond acceptors (Lipinski definition) is 3. The predicted octanol–water partition coefficient (Wildman–Crippen LogP) is 1.78. The third-order valence-corrected chi connectivity index (χ3v) is 4.80. The van der Waals surface area contributed by atoms with E-state index in [0.29, 0.717) is 30.3 Å². The zero-order valence-electron chi connectivity index (χ0n) is 11.3. The van der Waals surface area contributed by atoms with Crippen LogP contribution in [-0.2, 0) is 10.0 Å². The van der Waals surface area contributed by atoms with Gasteiger partial charge >= 0.3 is 0 Å². The molecule has 0 radical (unpaired) electrons. The van der Waals surface area contributed by atoms with Crippen molar-refractivity contribution < 1.29 is 8.42 Å². The maximum Gasteiger partial charge on any atom is 0.242 e. The van der Waals surface area contributed by atoms with Gasteiger partial charge in [-0.15, -0.1) is 0 Å². The van der Waals surface area contributed by atoms with Crippen molar-refractivity contribution in [1.82, 2.24) is 4.31 Å². The summed E-state index contributed by atoms with van der Waals surface area (Å²) >= 11 is 0. The van der Waals surface area contributed by atoms with Crippen LogP contribution in [0.5, 0.6) is 0 Å². The maximum atomic E-state index is 12.2. The molecule has 102 valence electrons. The van der Waals surface area contributed by atoms with Crippen LogP contribution in [0.1, 0.15) is 31.7 Å². The van der Waals surface area contributed by atoms with E-state index >= 15 is 0 Å². The van der Waals surface area contributed by atoms with Gasteiger partial charge in [-0.1, -0.05) is 26.0 Å². The van der Waals surface area contributed by atoms with Crippen molar-refractivity contribution in [1.29, 1.82) is 0 Å². The number of nitrogens with two attached hydrogens (primary N) is 1. The van der Waals surface area contributed by atoms with Crippen molar-refractivity contribution in [2.24, 2.45) is 5.73 Å². The molecule has 0 aliphatic carbocycles. The van der Waals surface area contributed by atoms with Gasteiger partial charge in [0.1, 0.15) is 0 Å². The van der Waals surface area contributed by atoms with Gasteiger partial charge < -0.3 is 5.73 Å². The molecule has 0 aliphatic rings. The lowest BCUT2D eigenvalue weighted by molar-refractivity contribution is 0.463. The number of benzene rings is 1. The van der Waals surface area contributed by atoms with Crippen LogP contribution in [0.15, 0.2) is 29.2 Å². The Balaban J connectivity index is 2.91. The van der Waals surface area contributed by atoms with Gasteiger partial charge in [-0.25, -0.2) is 12.7 Å². The molecule has 1 aromatic carbocycles. The minimum Gasteiger partial charge on any atom is -0.330 e. The molecule has 0 heterocycles. The quantitative estimate of drug-likeness (QED) is 0.857. The lowest BCUT2D eigenvalue weighted by atomic mass is 10.0. The molecule has 0 aliphatic heterocycles. The molecular formula is C13H22N2O2S. The number of rotatable bonds is 6. The predicted molar refractivity (Wildman–Crippen MR) is 74.0 cm³/mol. The van der Waals surface area contributed by atoms with Crippen LogP contribution in [-0.4, -0.2) is 32.9 Å². The third kappa shape index (κ3) is 3.54. The van der Waals surface area contributed by atoms with Gasteiger partial charge in [0.05, 0.1) is 4.90 Å². The Morgan fingerprint density at radius 3 is 2.22 bits per heavy atom. The normalized spacial score (nSPS) is 12.3. The average Bonchev–Trinajstić information content (AvgIpc) is 2.35. The second kappa shape index (κ2) is 6.31. The zero-order valence-corrected chi connectivity index (χ0v) is 12.1. The molecular weight excluding hydrogens is 248 g/mol. The minimum atomic E-state index is -3.38. The third-order valence-electron chi connectivity index (χ3n) is 2.93. The summed E-state index contributed by atoms with van der Waals surface area (Å²) < 4.78 is 25.8.